The number of halogens is 1. The molecule has 3 rings (SSSR count). The van der Waals surface area contributed by atoms with E-state index in [1.807, 2.05) is 20.8 Å². The van der Waals surface area contributed by atoms with Crippen LogP contribution >= 0.6 is 11.6 Å². The largest absolute Gasteiger partial charge is 0.494 e. The van der Waals surface area contributed by atoms with Crippen LogP contribution in [0.5, 0.6) is 5.75 Å². The summed E-state index contributed by atoms with van der Waals surface area (Å²) in [5.41, 5.74) is 2.20. The molecule has 0 aromatic heterocycles. The zero-order chi connectivity index (χ0) is 21.9. The van der Waals surface area contributed by atoms with Crippen molar-refractivity contribution in [2.75, 3.05) is 25.0 Å². The van der Waals surface area contributed by atoms with Gasteiger partial charge in [-0.1, -0.05) is 17.7 Å². The van der Waals surface area contributed by atoms with Crippen LogP contribution < -0.4 is 10.1 Å². The first-order valence-corrected chi connectivity index (χ1v) is 11.9. The molecule has 0 spiro atoms. The summed E-state index contributed by atoms with van der Waals surface area (Å²) in [7, 11) is -3.69. The molecule has 1 N–H and O–H groups in total. The molecule has 0 unspecified atom stereocenters. The SMILES string of the molecule is CCOc1ccc(S(=O)(=O)N2CCC[C@@H](C(=O)Nc3cccc(Cl)c3C)C2)cc1C. The quantitative estimate of drug-likeness (QED) is 0.707. The highest BCUT2D eigenvalue weighted by Crippen LogP contribution is 2.29. The Morgan fingerprint density at radius 2 is 2.03 bits per heavy atom. The second-order valence-electron chi connectivity index (χ2n) is 7.46. The molecule has 1 saturated heterocycles. The van der Waals surface area contributed by atoms with Gasteiger partial charge in [0.15, 0.2) is 0 Å². The molecule has 2 aromatic rings. The smallest absolute Gasteiger partial charge is 0.243 e. The van der Waals surface area contributed by atoms with Crippen molar-refractivity contribution in [3.8, 4) is 5.75 Å². The number of sulfonamides is 1. The molecule has 0 saturated carbocycles. The summed E-state index contributed by atoms with van der Waals surface area (Å²) in [5.74, 6) is 0.0584. The highest BCUT2D eigenvalue weighted by Gasteiger charge is 2.33. The van der Waals surface area contributed by atoms with Gasteiger partial charge in [0.05, 0.1) is 17.4 Å². The van der Waals surface area contributed by atoms with Gasteiger partial charge in [-0.2, -0.15) is 4.31 Å². The first-order valence-electron chi connectivity index (χ1n) is 10.0. The Morgan fingerprint density at radius 1 is 1.27 bits per heavy atom. The number of amides is 1. The highest BCUT2D eigenvalue weighted by molar-refractivity contribution is 7.89. The number of hydrogen-bond donors (Lipinski definition) is 1. The number of carbonyl (C=O) groups excluding carboxylic acids is 1. The molecular weight excluding hydrogens is 424 g/mol. The predicted octanol–water partition coefficient (Wildman–Crippen LogP) is 4.39. The average molecular weight is 451 g/mol. The number of carbonyl (C=O) groups is 1. The van der Waals surface area contributed by atoms with E-state index in [-0.39, 0.29) is 17.3 Å². The molecule has 1 fully saturated rings. The first-order chi connectivity index (χ1) is 14.2. The van der Waals surface area contributed by atoms with E-state index < -0.39 is 15.9 Å². The average Bonchev–Trinajstić information content (AvgIpc) is 2.73. The summed E-state index contributed by atoms with van der Waals surface area (Å²) in [5, 5.41) is 3.48. The van der Waals surface area contributed by atoms with E-state index in [0.29, 0.717) is 42.5 Å². The van der Waals surface area contributed by atoms with E-state index in [0.717, 1.165) is 11.1 Å². The van der Waals surface area contributed by atoms with Gasteiger partial charge in [0.1, 0.15) is 5.75 Å². The molecular formula is C22H27ClN2O4S. The maximum Gasteiger partial charge on any atom is 0.243 e. The van der Waals surface area contributed by atoms with Crippen LogP contribution in [0.25, 0.3) is 0 Å². The third-order valence-corrected chi connectivity index (χ3v) is 7.64. The van der Waals surface area contributed by atoms with Gasteiger partial charge >= 0.3 is 0 Å². The van der Waals surface area contributed by atoms with Gasteiger partial charge in [-0.25, -0.2) is 8.42 Å². The highest BCUT2D eigenvalue weighted by atomic mass is 35.5. The number of piperidine rings is 1. The molecule has 0 aliphatic carbocycles. The number of aryl methyl sites for hydroxylation is 1. The summed E-state index contributed by atoms with van der Waals surface area (Å²) in [6.45, 7) is 6.61. The van der Waals surface area contributed by atoms with E-state index in [4.69, 9.17) is 16.3 Å². The minimum atomic E-state index is -3.69. The second kappa shape index (κ2) is 9.37. The molecule has 6 nitrogen and oxygen atoms in total. The van der Waals surface area contributed by atoms with Crippen LogP contribution in [0.4, 0.5) is 5.69 Å². The fourth-order valence-corrected chi connectivity index (χ4v) is 5.39. The van der Waals surface area contributed by atoms with Crippen LogP contribution in [0.1, 0.15) is 30.9 Å². The molecule has 8 heteroatoms. The van der Waals surface area contributed by atoms with Crippen LogP contribution in [-0.4, -0.2) is 38.3 Å². The van der Waals surface area contributed by atoms with Crippen molar-refractivity contribution in [1.82, 2.24) is 4.31 Å². The van der Waals surface area contributed by atoms with Gasteiger partial charge in [0, 0.05) is 23.8 Å². The van der Waals surface area contributed by atoms with E-state index in [9.17, 15) is 13.2 Å². The fraction of sp³-hybridized carbons (Fsp3) is 0.409. The number of nitrogens with zero attached hydrogens (tertiary/aromatic N) is 1. The summed E-state index contributed by atoms with van der Waals surface area (Å²) < 4.78 is 33.2. The minimum absolute atomic E-state index is 0.153. The van der Waals surface area contributed by atoms with E-state index in [1.54, 1.807) is 36.4 Å². The van der Waals surface area contributed by atoms with Crippen LogP contribution in [0.2, 0.25) is 5.02 Å². The van der Waals surface area contributed by atoms with Crippen molar-refractivity contribution >= 4 is 33.2 Å². The Labute approximate surface area is 183 Å². The number of rotatable bonds is 6. The van der Waals surface area contributed by atoms with Crippen molar-refractivity contribution in [1.29, 1.82) is 0 Å². The monoisotopic (exact) mass is 450 g/mol. The van der Waals surface area contributed by atoms with Crippen molar-refractivity contribution in [3.05, 3.63) is 52.5 Å². The van der Waals surface area contributed by atoms with Gasteiger partial charge in [-0.15, -0.1) is 0 Å². The maximum atomic E-state index is 13.2. The normalized spacial score (nSPS) is 17.5. The Balaban J connectivity index is 1.75. The molecule has 1 atom stereocenters. The number of benzene rings is 2. The summed E-state index contributed by atoms with van der Waals surface area (Å²) in [4.78, 5) is 13.0. The second-order valence-corrected chi connectivity index (χ2v) is 9.81. The lowest BCUT2D eigenvalue weighted by molar-refractivity contribution is -0.120. The molecule has 162 valence electrons. The van der Waals surface area contributed by atoms with E-state index in [1.165, 1.54) is 4.31 Å². The Morgan fingerprint density at radius 3 is 2.73 bits per heavy atom. The molecule has 0 bridgehead atoms. The summed E-state index contributed by atoms with van der Waals surface area (Å²) in [6.07, 6.45) is 1.27. The van der Waals surface area contributed by atoms with Crippen LogP contribution in [0.3, 0.4) is 0 Å². The molecule has 0 radical (unpaired) electrons. The number of ether oxygens (including phenoxy) is 1. The van der Waals surface area contributed by atoms with Crippen LogP contribution in [0, 0.1) is 19.8 Å². The lowest BCUT2D eigenvalue weighted by Crippen LogP contribution is -2.43. The third kappa shape index (κ3) is 4.79. The number of nitrogens with one attached hydrogen (secondary N) is 1. The predicted molar refractivity (Wildman–Crippen MR) is 119 cm³/mol. The van der Waals surface area contributed by atoms with Gasteiger partial charge < -0.3 is 10.1 Å². The zero-order valence-electron chi connectivity index (χ0n) is 17.4. The number of anilines is 1. The maximum absolute atomic E-state index is 13.2. The molecule has 1 aliphatic rings. The molecule has 1 amide bonds. The Kier molecular flexibility index (Phi) is 7.06. The van der Waals surface area contributed by atoms with Crippen LogP contribution in [-0.2, 0) is 14.8 Å². The van der Waals surface area contributed by atoms with Gasteiger partial charge in [0.25, 0.3) is 0 Å². The van der Waals surface area contributed by atoms with Crippen molar-refractivity contribution in [2.24, 2.45) is 5.92 Å². The first kappa shape index (κ1) is 22.6. The standard InChI is InChI=1S/C22H27ClN2O4S/c1-4-29-21-11-10-18(13-15(21)2)30(27,28)25-12-6-7-17(14-25)22(26)24-20-9-5-8-19(23)16(20)3/h5,8-11,13,17H,4,6-7,12,14H2,1-3H3,(H,24,26)/t17-/m1/s1. The Hall–Kier alpha value is -2.09. The van der Waals surface area contributed by atoms with E-state index in [2.05, 4.69) is 5.32 Å². The lowest BCUT2D eigenvalue weighted by Gasteiger charge is -2.31. The zero-order valence-corrected chi connectivity index (χ0v) is 19.0. The lowest BCUT2D eigenvalue weighted by atomic mass is 9.98. The summed E-state index contributed by atoms with van der Waals surface area (Å²) in [6, 6.07) is 10.2. The van der Waals surface area contributed by atoms with Gasteiger partial charge in [0.2, 0.25) is 15.9 Å². The molecule has 1 heterocycles. The fourth-order valence-electron chi connectivity index (χ4n) is 3.60. The topological polar surface area (TPSA) is 75.7 Å². The molecule has 1 aliphatic heterocycles. The molecule has 30 heavy (non-hydrogen) atoms. The third-order valence-electron chi connectivity index (χ3n) is 5.36. The summed E-state index contributed by atoms with van der Waals surface area (Å²) >= 11 is 6.13. The van der Waals surface area contributed by atoms with Gasteiger partial charge in [-0.3, -0.25) is 4.79 Å². The van der Waals surface area contributed by atoms with Crippen molar-refractivity contribution < 1.29 is 17.9 Å². The Bertz CT molecular complexity index is 1040. The van der Waals surface area contributed by atoms with Gasteiger partial charge in [-0.05, 0) is 75.1 Å². The number of hydrogen-bond acceptors (Lipinski definition) is 4. The minimum Gasteiger partial charge on any atom is -0.494 e. The van der Waals surface area contributed by atoms with E-state index >= 15 is 0 Å². The van der Waals surface area contributed by atoms with Crippen molar-refractivity contribution in [3.63, 3.8) is 0 Å². The van der Waals surface area contributed by atoms with Crippen LogP contribution in [0.15, 0.2) is 41.3 Å². The molecule has 2 aromatic carbocycles. The van der Waals surface area contributed by atoms with Crippen molar-refractivity contribution in [2.45, 2.75) is 38.5 Å².